The fourth-order valence-electron chi connectivity index (χ4n) is 2.92. The van der Waals surface area contributed by atoms with Crippen LogP contribution in [0.3, 0.4) is 0 Å². The smallest absolute Gasteiger partial charge is 0.381 e. The number of hydrogen-bond acceptors (Lipinski definition) is 2. The van der Waals surface area contributed by atoms with Crippen molar-refractivity contribution < 1.29 is 26.7 Å². The number of fused-ring (bicyclic) bond motifs is 1. The first-order chi connectivity index (χ1) is 11.3. The molecule has 1 heterocycles. The number of H-pyrrole nitrogens is 1. The standard InChI is InChI=1S/C16H15F5N2O/c1-24-8-2-3-9-13(4-8)22-7-15(9)23-14-6-11(17)10(5-12(14)18)16(19,20)21/h5-8,22-23H,2-4H2,1H3. The van der Waals surface area contributed by atoms with Gasteiger partial charge >= 0.3 is 6.18 Å². The minimum absolute atomic E-state index is 0.0873. The molecule has 3 rings (SSSR count). The van der Waals surface area contributed by atoms with Crippen LogP contribution in [0.2, 0.25) is 0 Å². The first-order valence-electron chi connectivity index (χ1n) is 7.34. The van der Waals surface area contributed by atoms with E-state index in [9.17, 15) is 22.0 Å². The third kappa shape index (κ3) is 3.10. The normalized spacial score (nSPS) is 17.7. The molecular formula is C16H15F5N2O. The fraction of sp³-hybridized carbons (Fsp3) is 0.375. The van der Waals surface area contributed by atoms with E-state index in [1.165, 1.54) is 0 Å². The van der Waals surface area contributed by atoms with E-state index in [0.717, 1.165) is 17.7 Å². The van der Waals surface area contributed by atoms with E-state index in [-0.39, 0.29) is 17.9 Å². The molecule has 0 saturated heterocycles. The second-order valence-electron chi connectivity index (χ2n) is 5.69. The molecule has 24 heavy (non-hydrogen) atoms. The van der Waals surface area contributed by atoms with Crippen molar-refractivity contribution in [3.8, 4) is 0 Å². The summed E-state index contributed by atoms with van der Waals surface area (Å²) in [5.74, 6) is -2.68. The Morgan fingerprint density at radius 3 is 2.58 bits per heavy atom. The van der Waals surface area contributed by atoms with Gasteiger partial charge in [-0.15, -0.1) is 0 Å². The Hall–Kier alpha value is -2.09. The van der Waals surface area contributed by atoms with Crippen LogP contribution in [0.1, 0.15) is 23.2 Å². The Morgan fingerprint density at radius 2 is 1.92 bits per heavy atom. The van der Waals surface area contributed by atoms with Gasteiger partial charge in [0.25, 0.3) is 0 Å². The Balaban J connectivity index is 1.88. The van der Waals surface area contributed by atoms with Gasteiger partial charge in [0.1, 0.15) is 11.6 Å². The molecule has 2 aromatic rings. The molecule has 0 saturated carbocycles. The number of aromatic amines is 1. The topological polar surface area (TPSA) is 37.0 Å². The first kappa shape index (κ1) is 16.8. The van der Waals surface area contributed by atoms with Gasteiger partial charge in [-0.25, -0.2) is 8.78 Å². The largest absolute Gasteiger partial charge is 0.419 e. The Kier molecular flexibility index (Phi) is 4.25. The van der Waals surface area contributed by atoms with Crippen LogP contribution in [0.25, 0.3) is 0 Å². The summed E-state index contributed by atoms with van der Waals surface area (Å²) in [6, 6.07) is 0.691. The third-order valence-electron chi connectivity index (χ3n) is 4.19. The lowest BCUT2D eigenvalue weighted by molar-refractivity contribution is -0.140. The maximum absolute atomic E-state index is 13.9. The number of nitrogens with one attached hydrogen (secondary N) is 2. The van der Waals surface area contributed by atoms with Crippen LogP contribution in [-0.4, -0.2) is 18.2 Å². The van der Waals surface area contributed by atoms with Gasteiger partial charge in [-0.05, 0) is 24.5 Å². The zero-order chi connectivity index (χ0) is 17.5. The van der Waals surface area contributed by atoms with Gasteiger partial charge in [0, 0.05) is 31.5 Å². The van der Waals surface area contributed by atoms with E-state index in [2.05, 4.69) is 10.3 Å². The highest BCUT2D eigenvalue weighted by molar-refractivity contribution is 5.65. The van der Waals surface area contributed by atoms with Crippen LogP contribution in [0.4, 0.5) is 33.3 Å². The lowest BCUT2D eigenvalue weighted by Gasteiger charge is -2.21. The van der Waals surface area contributed by atoms with Crippen LogP contribution >= 0.6 is 0 Å². The van der Waals surface area contributed by atoms with Crippen molar-refractivity contribution in [2.75, 3.05) is 12.4 Å². The molecule has 0 fully saturated rings. The van der Waals surface area contributed by atoms with Crippen molar-refractivity contribution in [3.05, 3.63) is 46.8 Å². The molecule has 1 aromatic carbocycles. The number of hydrogen-bond donors (Lipinski definition) is 2. The highest BCUT2D eigenvalue weighted by Gasteiger charge is 2.35. The average molecular weight is 346 g/mol. The summed E-state index contributed by atoms with van der Waals surface area (Å²) in [5, 5.41) is 2.68. The number of aromatic nitrogens is 1. The molecule has 1 atom stereocenters. The molecule has 1 aromatic heterocycles. The van der Waals surface area contributed by atoms with Crippen LogP contribution in [0.15, 0.2) is 18.3 Å². The molecule has 1 unspecified atom stereocenters. The molecule has 2 N–H and O–H groups in total. The number of benzene rings is 1. The van der Waals surface area contributed by atoms with Crippen LogP contribution < -0.4 is 5.32 Å². The molecule has 1 aliphatic rings. The predicted molar refractivity (Wildman–Crippen MR) is 78.3 cm³/mol. The maximum Gasteiger partial charge on any atom is 0.419 e. The summed E-state index contributed by atoms with van der Waals surface area (Å²) < 4.78 is 70.6. The van der Waals surface area contributed by atoms with Crippen molar-refractivity contribution in [3.63, 3.8) is 0 Å². The van der Waals surface area contributed by atoms with E-state index >= 15 is 0 Å². The fourth-order valence-corrected chi connectivity index (χ4v) is 2.92. The van der Waals surface area contributed by atoms with Gasteiger partial charge in [-0.3, -0.25) is 0 Å². The number of methoxy groups -OCH3 is 1. The minimum Gasteiger partial charge on any atom is -0.381 e. The molecule has 130 valence electrons. The van der Waals surface area contributed by atoms with Gasteiger partial charge in [-0.2, -0.15) is 13.2 Å². The first-order valence-corrected chi connectivity index (χ1v) is 7.34. The van der Waals surface area contributed by atoms with E-state index in [1.807, 2.05) is 0 Å². The molecule has 3 nitrogen and oxygen atoms in total. The van der Waals surface area contributed by atoms with Crippen LogP contribution in [-0.2, 0) is 23.8 Å². The summed E-state index contributed by atoms with van der Waals surface area (Å²) in [6.45, 7) is 0. The number of alkyl halides is 3. The molecule has 1 aliphatic carbocycles. The number of ether oxygens (including phenoxy) is 1. The predicted octanol–water partition coefficient (Wildman–Crippen LogP) is 4.56. The van der Waals surface area contributed by atoms with E-state index in [0.29, 0.717) is 24.6 Å². The van der Waals surface area contributed by atoms with Gasteiger partial charge < -0.3 is 15.0 Å². The second kappa shape index (κ2) is 6.08. The summed E-state index contributed by atoms with van der Waals surface area (Å²) in [5.41, 5.74) is 0.393. The Morgan fingerprint density at radius 1 is 1.17 bits per heavy atom. The van der Waals surface area contributed by atoms with Crippen molar-refractivity contribution in [2.24, 2.45) is 0 Å². The molecule has 0 radical (unpaired) electrons. The maximum atomic E-state index is 13.9. The molecule has 0 spiro atoms. The van der Waals surface area contributed by atoms with Crippen LogP contribution in [0.5, 0.6) is 0 Å². The summed E-state index contributed by atoms with van der Waals surface area (Å²) in [4.78, 5) is 3.04. The lowest BCUT2D eigenvalue weighted by atomic mass is 9.94. The quantitative estimate of drug-likeness (QED) is 0.800. The molecule has 8 heteroatoms. The van der Waals surface area contributed by atoms with Gasteiger partial charge in [0.2, 0.25) is 0 Å². The van der Waals surface area contributed by atoms with E-state index < -0.39 is 23.4 Å². The zero-order valence-electron chi connectivity index (χ0n) is 12.7. The lowest BCUT2D eigenvalue weighted by Crippen LogP contribution is -2.21. The monoisotopic (exact) mass is 346 g/mol. The highest BCUT2D eigenvalue weighted by atomic mass is 19.4. The van der Waals surface area contributed by atoms with Gasteiger partial charge in [0.15, 0.2) is 0 Å². The van der Waals surface area contributed by atoms with E-state index in [1.54, 1.807) is 13.3 Å². The van der Waals surface area contributed by atoms with Gasteiger partial charge in [-0.1, -0.05) is 0 Å². The van der Waals surface area contributed by atoms with Crippen LogP contribution in [0, 0.1) is 11.6 Å². The molecule has 0 amide bonds. The number of anilines is 2. The molecule has 0 aliphatic heterocycles. The minimum atomic E-state index is -4.94. The van der Waals surface area contributed by atoms with Crippen molar-refractivity contribution in [1.82, 2.24) is 4.98 Å². The van der Waals surface area contributed by atoms with Crippen molar-refractivity contribution in [2.45, 2.75) is 31.5 Å². The van der Waals surface area contributed by atoms with Crippen molar-refractivity contribution in [1.29, 1.82) is 0 Å². The summed E-state index contributed by atoms with van der Waals surface area (Å²) in [7, 11) is 1.62. The molecule has 0 bridgehead atoms. The Bertz CT molecular complexity index is 754. The number of rotatable bonds is 3. The van der Waals surface area contributed by atoms with Crippen molar-refractivity contribution >= 4 is 11.4 Å². The van der Waals surface area contributed by atoms with E-state index in [4.69, 9.17) is 4.74 Å². The van der Waals surface area contributed by atoms with Gasteiger partial charge in [0.05, 0.1) is 23.0 Å². The second-order valence-corrected chi connectivity index (χ2v) is 5.69. The third-order valence-corrected chi connectivity index (χ3v) is 4.19. The summed E-state index contributed by atoms with van der Waals surface area (Å²) in [6.07, 6.45) is -1.14. The Labute approximate surface area is 134 Å². The average Bonchev–Trinajstić information content (AvgIpc) is 2.91. The molecular weight excluding hydrogens is 331 g/mol. The summed E-state index contributed by atoms with van der Waals surface area (Å²) >= 11 is 0. The SMILES string of the molecule is COC1CCc2c(Nc3cc(F)c(C(F)(F)F)cc3F)c[nH]c2C1. The zero-order valence-corrected chi connectivity index (χ0v) is 12.7. The number of halogens is 5. The highest BCUT2D eigenvalue weighted by Crippen LogP contribution is 2.36.